The van der Waals surface area contributed by atoms with E-state index >= 15 is 0 Å². The molecule has 7 nitrogen and oxygen atoms in total. The summed E-state index contributed by atoms with van der Waals surface area (Å²) in [6.45, 7) is 1.71. The molecule has 0 fully saturated rings. The Balaban J connectivity index is 4.31. The highest BCUT2D eigenvalue weighted by Crippen LogP contribution is 2.01. The molecule has 0 aromatic carbocycles. The maximum Gasteiger partial charge on any atom is 0.326 e. The van der Waals surface area contributed by atoms with E-state index in [1.54, 1.807) is 0 Å². The third-order valence-corrected chi connectivity index (χ3v) is 2.38. The first-order chi connectivity index (χ1) is 8.42. The molecular formula is C11H20N2O5. The number of nitrogens with zero attached hydrogens (tertiary/aromatic N) is 1. The van der Waals surface area contributed by atoms with Crippen molar-refractivity contribution in [3.63, 3.8) is 0 Å². The van der Waals surface area contributed by atoms with Gasteiger partial charge in [0.2, 0.25) is 0 Å². The molecule has 0 heterocycles. The second kappa shape index (κ2) is 8.32. The number of urea groups is 1. The van der Waals surface area contributed by atoms with Gasteiger partial charge >= 0.3 is 18.0 Å². The van der Waals surface area contributed by atoms with Crippen LogP contribution in [-0.4, -0.2) is 54.7 Å². The predicted molar refractivity (Wildman–Crippen MR) is 64.1 cm³/mol. The van der Waals surface area contributed by atoms with Crippen LogP contribution in [0.25, 0.3) is 0 Å². The van der Waals surface area contributed by atoms with Crippen LogP contribution in [0.1, 0.15) is 26.2 Å². The quantitative estimate of drug-likeness (QED) is 0.648. The molecule has 0 bridgehead atoms. The Labute approximate surface area is 106 Å². The molecule has 0 saturated heterocycles. The van der Waals surface area contributed by atoms with Crippen molar-refractivity contribution >= 4 is 18.0 Å². The Bertz CT molecular complexity index is 306. The fourth-order valence-corrected chi connectivity index (χ4v) is 1.25. The van der Waals surface area contributed by atoms with E-state index in [0.717, 1.165) is 11.3 Å². The topological polar surface area (TPSA) is 95.9 Å². The molecule has 18 heavy (non-hydrogen) atoms. The van der Waals surface area contributed by atoms with Crippen LogP contribution >= 0.6 is 0 Å². The van der Waals surface area contributed by atoms with Crippen LogP contribution in [0.4, 0.5) is 4.79 Å². The van der Waals surface area contributed by atoms with Crippen molar-refractivity contribution in [2.45, 2.75) is 32.2 Å². The van der Waals surface area contributed by atoms with Gasteiger partial charge in [0.05, 0.1) is 7.11 Å². The molecule has 0 saturated carbocycles. The Hall–Kier alpha value is -1.79. The van der Waals surface area contributed by atoms with Crippen molar-refractivity contribution < 1.29 is 24.2 Å². The molecule has 0 aliphatic carbocycles. The van der Waals surface area contributed by atoms with E-state index in [0.29, 0.717) is 12.8 Å². The van der Waals surface area contributed by atoms with Gasteiger partial charge in [0.15, 0.2) is 0 Å². The highest BCUT2D eigenvalue weighted by atomic mass is 16.5. The van der Waals surface area contributed by atoms with Gasteiger partial charge < -0.3 is 20.1 Å². The molecule has 7 heteroatoms. The first-order valence-corrected chi connectivity index (χ1v) is 5.73. The van der Waals surface area contributed by atoms with Crippen molar-refractivity contribution in [3.05, 3.63) is 0 Å². The number of carbonyl (C=O) groups is 3. The zero-order valence-electron chi connectivity index (χ0n) is 10.9. The summed E-state index contributed by atoms with van der Waals surface area (Å²) < 4.78 is 4.41. The van der Waals surface area contributed by atoms with Gasteiger partial charge in [-0.1, -0.05) is 19.8 Å². The predicted octanol–water partition coefficient (Wildman–Crippen LogP) is 0.444. The van der Waals surface area contributed by atoms with Crippen LogP contribution in [-0.2, 0) is 14.3 Å². The van der Waals surface area contributed by atoms with Crippen LogP contribution in [0.2, 0.25) is 0 Å². The molecule has 1 atom stereocenters. The van der Waals surface area contributed by atoms with Gasteiger partial charge in [-0.3, -0.25) is 4.79 Å². The lowest BCUT2D eigenvalue weighted by molar-refractivity contribution is -0.141. The van der Waals surface area contributed by atoms with E-state index in [1.165, 1.54) is 14.2 Å². The number of hydrogen-bond acceptors (Lipinski definition) is 4. The summed E-state index contributed by atoms with van der Waals surface area (Å²) in [6, 6.07) is -1.54. The number of likely N-dealkylation sites (N-methyl/N-ethyl adjacent to an activating group) is 1. The van der Waals surface area contributed by atoms with Crippen molar-refractivity contribution in [1.82, 2.24) is 10.2 Å². The number of ether oxygens (including phenoxy) is 1. The van der Waals surface area contributed by atoms with Crippen molar-refractivity contribution in [2.24, 2.45) is 0 Å². The fraction of sp³-hybridized carbons (Fsp3) is 0.727. The first-order valence-electron chi connectivity index (χ1n) is 5.73. The number of nitrogens with one attached hydrogen (secondary N) is 1. The standard InChI is InChI=1S/C11H20N2O5/c1-4-5-6-8(10(15)16)12-11(17)13(2)7-9(14)18-3/h8H,4-7H2,1-3H3,(H,12,17)(H,15,16). The highest BCUT2D eigenvalue weighted by molar-refractivity contribution is 5.84. The van der Waals surface area contributed by atoms with Gasteiger partial charge in [-0.2, -0.15) is 0 Å². The van der Waals surface area contributed by atoms with E-state index in [1.807, 2.05) is 6.92 Å². The molecule has 0 spiro atoms. The SMILES string of the molecule is CCCCC(NC(=O)N(C)CC(=O)OC)C(=O)O. The summed E-state index contributed by atoms with van der Waals surface area (Å²) in [5.74, 6) is -1.64. The lowest BCUT2D eigenvalue weighted by atomic mass is 10.1. The number of carboxylic acid groups (broad SMARTS) is 1. The van der Waals surface area contributed by atoms with E-state index in [4.69, 9.17) is 5.11 Å². The van der Waals surface area contributed by atoms with Gasteiger partial charge in [-0.25, -0.2) is 9.59 Å². The van der Waals surface area contributed by atoms with Gasteiger partial charge in [0.25, 0.3) is 0 Å². The first kappa shape index (κ1) is 16.2. The number of unbranched alkanes of at least 4 members (excludes halogenated alkanes) is 1. The molecule has 2 N–H and O–H groups in total. The average molecular weight is 260 g/mol. The molecule has 0 aromatic heterocycles. The number of carboxylic acids is 1. The minimum absolute atomic E-state index is 0.220. The minimum Gasteiger partial charge on any atom is -0.480 e. The Morgan fingerprint density at radius 2 is 2.00 bits per heavy atom. The van der Waals surface area contributed by atoms with Gasteiger partial charge in [0.1, 0.15) is 12.6 Å². The lowest BCUT2D eigenvalue weighted by Crippen LogP contribution is -2.48. The monoisotopic (exact) mass is 260 g/mol. The van der Waals surface area contributed by atoms with Crippen molar-refractivity contribution in [3.8, 4) is 0 Å². The highest BCUT2D eigenvalue weighted by Gasteiger charge is 2.22. The molecule has 2 amide bonds. The number of esters is 1. The zero-order valence-corrected chi connectivity index (χ0v) is 10.9. The summed E-state index contributed by atoms with van der Waals surface area (Å²) in [5, 5.41) is 11.3. The smallest absolute Gasteiger partial charge is 0.326 e. The molecule has 0 aliphatic rings. The second-order valence-electron chi connectivity index (χ2n) is 3.91. The molecule has 0 radical (unpaired) electrons. The van der Waals surface area contributed by atoms with Gasteiger partial charge in [-0.15, -0.1) is 0 Å². The molecule has 0 aromatic rings. The Morgan fingerprint density at radius 1 is 1.39 bits per heavy atom. The normalized spacial score (nSPS) is 11.5. The van der Waals surface area contributed by atoms with E-state index < -0.39 is 24.0 Å². The zero-order chi connectivity index (χ0) is 14.1. The third kappa shape index (κ3) is 6.07. The van der Waals surface area contributed by atoms with E-state index in [-0.39, 0.29) is 6.54 Å². The van der Waals surface area contributed by atoms with E-state index in [2.05, 4.69) is 10.1 Å². The number of methoxy groups -OCH3 is 1. The number of rotatable bonds is 7. The fourth-order valence-electron chi connectivity index (χ4n) is 1.25. The molecule has 0 aliphatic heterocycles. The van der Waals surface area contributed by atoms with Crippen LogP contribution in [0, 0.1) is 0 Å². The maximum absolute atomic E-state index is 11.6. The summed E-state index contributed by atoms with van der Waals surface area (Å²) >= 11 is 0. The number of aliphatic carboxylic acids is 1. The lowest BCUT2D eigenvalue weighted by Gasteiger charge is -2.20. The molecule has 104 valence electrons. The Kier molecular flexibility index (Phi) is 7.50. The molecular weight excluding hydrogens is 240 g/mol. The van der Waals surface area contributed by atoms with Crippen LogP contribution in [0.3, 0.4) is 0 Å². The summed E-state index contributed by atoms with van der Waals surface area (Å²) in [6.07, 6.45) is 1.92. The summed E-state index contributed by atoms with van der Waals surface area (Å²) in [7, 11) is 2.61. The van der Waals surface area contributed by atoms with Crippen LogP contribution in [0.5, 0.6) is 0 Å². The van der Waals surface area contributed by atoms with E-state index in [9.17, 15) is 14.4 Å². The third-order valence-electron chi connectivity index (χ3n) is 2.38. The van der Waals surface area contributed by atoms with Gasteiger partial charge in [-0.05, 0) is 6.42 Å². The maximum atomic E-state index is 11.6. The van der Waals surface area contributed by atoms with Crippen LogP contribution < -0.4 is 5.32 Å². The molecule has 0 rings (SSSR count). The van der Waals surface area contributed by atoms with Gasteiger partial charge in [0, 0.05) is 7.05 Å². The molecule has 1 unspecified atom stereocenters. The number of hydrogen-bond donors (Lipinski definition) is 2. The second-order valence-corrected chi connectivity index (χ2v) is 3.91. The largest absolute Gasteiger partial charge is 0.480 e. The summed E-state index contributed by atoms with van der Waals surface area (Å²) in [4.78, 5) is 34.6. The van der Waals surface area contributed by atoms with Crippen molar-refractivity contribution in [1.29, 1.82) is 0 Å². The number of amides is 2. The summed E-state index contributed by atoms with van der Waals surface area (Å²) in [5.41, 5.74) is 0. The average Bonchev–Trinajstić information content (AvgIpc) is 2.33. The Morgan fingerprint density at radius 3 is 2.44 bits per heavy atom. The van der Waals surface area contributed by atoms with Crippen molar-refractivity contribution in [2.75, 3.05) is 20.7 Å². The number of carbonyl (C=O) groups excluding carboxylic acids is 2. The van der Waals surface area contributed by atoms with Crippen LogP contribution in [0.15, 0.2) is 0 Å². The minimum atomic E-state index is -1.08.